The largest absolute Gasteiger partial charge is 0.443 e. The van der Waals surface area contributed by atoms with Crippen LogP contribution in [0.2, 0.25) is 0 Å². The standard InChI is InChI=1S/C18H28N2O2/c1-6-13(2)19-15-9-10-16-14(12-15)8-7-11-20(16)17(21)22-18(3,4)5/h9-10,12-13,19H,6-8,11H2,1-5H3. The van der Waals surface area contributed by atoms with Crippen LogP contribution >= 0.6 is 0 Å². The first-order chi connectivity index (χ1) is 10.3. The molecule has 0 fully saturated rings. The summed E-state index contributed by atoms with van der Waals surface area (Å²) in [6, 6.07) is 6.69. The summed E-state index contributed by atoms with van der Waals surface area (Å²) < 4.78 is 5.52. The first-order valence-electron chi connectivity index (χ1n) is 8.20. The van der Waals surface area contributed by atoms with Gasteiger partial charge in [-0.15, -0.1) is 0 Å². The van der Waals surface area contributed by atoms with E-state index in [4.69, 9.17) is 4.74 Å². The molecule has 1 aliphatic heterocycles. The van der Waals surface area contributed by atoms with Gasteiger partial charge in [0.25, 0.3) is 0 Å². The van der Waals surface area contributed by atoms with Crippen molar-refractivity contribution in [1.82, 2.24) is 0 Å². The number of nitrogens with one attached hydrogen (secondary N) is 1. The van der Waals surface area contributed by atoms with Gasteiger partial charge in [0.1, 0.15) is 5.60 Å². The highest BCUT2D eigenvalue weighted by atomic mass is 16.6. The highest BCUT2D eigenvalue weighted by molar-refractivity contribution is 5.90. The Morgan fingerprint density at radius 2 is 2.14 bits per heavy atom. The molecular formula is C18H28N2O2. The van der Waals surface area contributed by atoms with Crippen LogP contribution in [0.5, 0.6) is 0 Å². The van der Waals surface area contributed by atoms with Crippen LogP contribution in [-0.2, 0) is 11.2 Å². The lowest BCUT2D eigenvalue weighted by Gasteiger charge is -2.32. The average Bonchev–Trinajstić information content (AvgIpc) is 2.44. The van der Waals surface area contributed by atoms with Gasteiger partial charge in [0.2, 0.25) is 0 Å². The Morgan fingerprint density at radius 1 is 1.41 bits per heavy atom. The fourth-order valence-electron chi connectivity index (χ4n) is 2.58. The number of ether oxygens (including phenoxy) is 1. The third kappa shape index (κ3) is 4.15. The molecule has 0 spiro atoms. The van der Waals surface area contributed by atoms with Gasteiger partial charge in [0.05, 0.1) is 5.69 Å². The maximum absolute atomic E-state index is 12.4. The summed E-state index contributed by atoms with van der Waals surface area (Å²) in [5.74, 6) is 0. The van der Waals surface area contributed by atoms with Crippen molar-refractivity contribution in [3.63, 3.8) is 0 Å². The predicted molar refractivity (Wildman–Crippen MR) is 91.7 cm³/mol. The van der Waals surface area contributed by atoms with E-state index >= 15 is 0 Å². The van der Waals surface area contributed by atoms with E-state index in [9.17, 15) is 4.79 Å². The molecule has 122 valence electrons. The van der Waals surface area contributed by atoms with Crippen molar-refractivity contribution in [2.45, 2.75) is 65.5 Å². The Kier molecular flexibility index (Phi) is 4.99. The zero-order valence-corrected chi connectivity index (χ0v) is 14.4. The van der Waals surface area contributed by atoms with Crippen molar-refractivity contribution in [1.29, 1.82) is 0 Å². The summed E-state index contributed by atoms with van der Waals surface area (Å²) in [5, 5.41) is 3.49. The second-order valence-electron chi connectivity index (χ2n) is 7.03. The van der Waals surface area contributed by atoms with E-state index in [0.29, 0.717) is 6.04 Å². The summed E-state index contributed by atoms with van der Waals surface area (Å²) in [7, 11) is 0. The zero-order valence-electron chi connectivity index (χ0n) is 14.4. The van der Waals surface area contributed by atoms with Crippen LogP contribution in [0.15, 0.2) is 18.2 Å². The van der Waals surface area contributed by atoms with Gasteiger partial charge in [-0.25, -0.2) is 4.79 Å². The molecule has 2 rings (SSSR count). The van der Waals surface area contributed by atoms with Gasteiger partial charge in [0.15, 0.2) is 0 Å². The Morgan fingerprint density at radius 3 is 2.77 bits per heavy atom. The molecule has 4 nitrogen and oxygen atoms in total. The normalized spacial score (nSPS) is 16.0. The van der Waals surface area contributed by atoms with E-state index in [2.05, 4.69) is 25.2 Å². The molecule has 0 saturated heterocycles. The molecular weight excluding hydrogens is 276 g/mol. The second kappa shape index (κ2) is 6.59. The fraction of sp³-hybridized carbons (Fsp3) is 0.611. The molecule has 1 atom stereocenters. The number of carbonyl (C=O) groups excluding carboxylic acids is 1. The predicted octanol–water partition coefficient (Wildman–Crippen LogP) is 4.58. The van der Waals surface area contributed by atoms with E-state index in [1.165, 1.54) is 5.56 Å². The van der Waals surface area contributed by atoms with Crippen molar-refractivity contribution in [3.8, 4) is 0 Å². The van der Waals surface area contributed by atoms with Crippen LogP contribution < -0.4 is 10.2 Å². The molecule has 1 unspecified atom stereocenters. The van der Waals surface area contributed by atoms with E-state index in [1.807, 2.05) is 32.9 Å². The minimum absolute atomic E-state index is 0.254. The van der Waals surface area contributed by atoms with Gasteiger partial charge in [-0.2, -0.15) is 0 Å². The van der Waals surface area contributed by atoms with Gasteiger partial charge in [-0.05, 0) is 70.7 Å². The number of nitrogens with zero attached hydrogens (tertiary/aromatic N) is 1. The van der Waals surface area contributed by atoms with Gasteiger partial charge < -0.3 is 10.1 Å². The average molecular weight is 304 g/mol. The molecule has 0 radical (unpaired) electrons. The molecule has 1 aromatic rings. The van der Waals surface area contributed by atoms with Gasteiger partial charge in [0, 0.05) is 18.3 Å². The molecule has 0 bridgehead atoms. The maximum atomic E-state index is 12.4. The van der Waals surface area contributed by atoms with E-state index < -0.39 is 5.60 Å². The Hall–Kier alpha value is -1.71. The summed E-state index contributed by atoms with van der Waals surface area (Å²) in [6.07, 6.45) is 2.81. The molecule has 1 aliphatic rings. The van der Waals surface area contributed by atoms with Crippen LogP contribution in [0, 0.1) is 0 Å². The summed E-state index contributed by atoms with van der Waals surface area (Å²) in [5.41, 5.74) is 2.85. The number of hydrogen-bond acceptors (Lipinski definition) is 3. The van der Waals surface area contributed by atoms with Crippen LogP contribution in [0.3, 0.4) is 0 Å². The number of carbonyl (C=O) groups is 1. The Labute approximate surface area is 133 Å². The number of hydrogen-bond donors (Lipinski definition) is 1. The van der Waals surface area contributed by atoms with Crippen molar-refractivity contribution in [3.05, 3.63) is 23.8 Å². The Balaban J connectivity index is 2.19. The van der Waals surface area contributed by atoms with Crippen LogP contribution in [-0.4, -0.2) is 24.3 Å². The summed E-state index contributed by atoms with van der Waals surface area (Å²) in [6.45, 7) is 10.8. The lowest BCUT2D eigenvalue weighted by Crippen LogP contribution is -2.39. The molecule has 4 heteroatoms. The SMILES string of the molecule is CCC(C)Nc1ccc2c(c1)CCCN2C(=O)OC(C)(C)C. The lowest BCUT2D eigenvalue weighted by atomic mass is 10.0. The molecule has 0 aliphatic carbocycles. The molecule has 0 aromatic heterocycles. The lowest BCUT2D eigenvalue weighted by molar-refractivity contribution is 0.0578. The molecule has 0 saturated carbocycles. The van der Waals surface area contributed by atoms with Crippen molar-refractivity contribution < 1.29 is 9.53 Å². The van der Waals surface area contributed by atoms with Crippen LogP contribution in [0.4, 0.5) is 16.2 Å². The number of aryl methyl sites for hydroxylation is 1. The first-order valence-corrected chi connectivity index (χ1v) is 8.20. The van der Waals surface area contributed by atoms with Gasteiger partial charge in [-0.3, -0.25) is 4.90 Å². The third-order valence-corrected chi connectivity index (χ3v) is 3.84. The highest BCUT2D eigenvalue weighted by Crippen LogP contribution is 2.31. The van der Waals surface area contributed by atoms with Crippen LogP contribution in [0.1, 0.15) is 53.0 Å². The summed E-state index contributed by atoms with van der Waals surface area (Å²) in [4.78, 5) is 14.1. The fourth-order valence-corrected chi connectivity index (χ4v) is 2.58. The van der Waals surface area contributed by atoms with Crippen molar-refractivity contribution >= 4 is 17.5 Å². The van der Waals surface area contributed by atoms with Crippen molar-refractivity contribution in [2.75, 3.05) is 16.8 Å². The molecule has 1 N–H and O–H groups in total. The molecule has 1 amide bonds. The maximum Gasteiger partial charge on any atom is 0.414 e. The van der Waals surface area contributed by atoms with Gasteiger partial charge in [-0.1, -0.05) is 6.92 Å². The molecule has 1 heterocycles. The third-order valence-electron chi connectivity index (χ3n) is 3.84. The van der Waals surface area contributed by atoms with E-state index in [1.54, 1.807) is 4.90 Å². The Bertz CT molecular complexity index is 534. The second-order valence-corrected chi connectivity index (χ2v) is 7.03. The number of fused-ring (bicyclic) bond motifs is 1. The molecule has 1 aromatic carbocycles. The van der Waals surface area contributed by atoms with E-state index in [0.717, 1.165) is 37.2 Å². The smallest absolute Gasteiger partial charge is 0.414 e. The number of anilines is 2. The number of rotatable bonds is 3. The van der Waals surface area contributed by atoms with Crippen molar-refractivity contribution in [2.24, 2.45) is 0 Å². The summed E-state index contributed by atoms with van der Waals surface area (Å²) >= 11 is 0. The number of amides is 1. The first kappa shape index (κ1) is 16.7. The number of benzene rings is 1. The monoisotopic (exact) mass is 304 g/mol. The zero-order chi connectivity index (χ0) is 16.3. The highest BCUT2D eigenvalue weighted by Gasteiger charge is 2.27. The van der Waals surface area contributed by atoms with E-state index in [-0.39, 0.29) is 6.09 Å². The van der Waals surface area contributed by atoms with Crippen LogP contribution in [0.25, 0.3) is 0 Å². The topological polar surface area (TPSA) is 41.6 Å². The minimum Gasteiger partial charge on any atom is -0.443 e. The minimum atomic E-state index is -0.466. The van der Waals surface area contributed by atoms with Gasteiger partial charge >= 0.3 is 6.09 Å². The molecule has 22 heavy (non-hydrogen) atoms. The quantitative estimate of drug-likeness (QED) is 0.888.